The fraction of sp³-hybridized carbons (Fsp3) is 0.259. The molecular formula is C27H27ClN2O4S. The molecule has 35 heavy (non-hydrogen) atoms. The maximum Gasteiger partial charge on any atom is 0.276 e. The fourth-order valence-corrected chi connectivity index (χ4v) is 4.27. The van der Waals surface area contributed by atoms with E-state index in [1.54, 1.807) is 31.6 Å². The minimum Gasteiger partial charge on any atom is -0.496 e. The summed E-state index contributed by atoms with van der Waals surface area (Å²) >= 11 is 11.7. The summed E-state index contributed by atoms with van der Waals surface area (Å²) in [7, 11) is 1.62. The van der Waals surface area contributed by atoms with Crippen molar-refractivity contribution in [2.75, 3.05) is 7.11 Å². The predicted molar refractivity (Wildman–Crippen MR) is 141 cm³/mol. The van der Waals surface area contributed by atoms with Gasteiger partial charge in [-0.05, 0) is 84.2 Å². The molecule has 0 aliphatic carbocycles. The third kappa shape index (κ3) is 5.52. The van der Waals surface area contributed by atoms with Crippen LogP contribution in [0, 0.1) is 6.92 Å². The molecule has 2 aromatic carbocycles. The number of carbonyl (C=O) groups is 1. The van der Waals surface area contributed by atoms with Crippen molar-refractivity contribution >= 4 is 40.9 Å². The molecular weight excluding hydrogens is 484 g/mol. The number of aryl methyl sites for hydroxylation is 1. The summed E-state index contributed by atoms with van der Waals surface area (Å²) in [5.41, 5.74) is 4.07. The van der Waals surface area contributed by atoms with E-state index in [0.717, 1.165) is 33.0 Å². The van der Waals surface area contributed by atoms with Crippen molar-refractivity contribution in [3.05, 3.63) is 87.5 Å². The maximum absolute atomic E-state index is 12.9. The van der Waals surface area contributed by atoms with Crippen LogP contribution >= 0.6 is 23.8 Å². The average molecular weight is 511 g/mol. The lowest BCUT2D eigenvalue weighted by Crippen LogP contribution is -2.29. The summed E-state index contributed by atoms with van der Waals surface area (Å²) in [6.45, 7) is 6.73. The van der Waals surface area contributed by atoms with E-state index in [-0.39, 0.29) is 18.4 Å². The highest BCUT2D eigenvalue weighted by Gasteiger charge is 2.31. The molecule has 4 rings (SSSR count). The molecule has 2 heterocycles. The van der Waals surface area contributed by atoms with Crippen LogP contribution in [0.4, 0.5) is 0 Å². The molecule has 8 heteroatoms. The van der Waals surface area contributed by atoms with Crippen molar-refractivity contribution < 1.29 is 18.7 Å². The largest absolute Gasteiger partial charge is 0.496 e. The van der Waals surface area contributed by atoms with Gasteiger partial charge in [-0.3, -0.25) is 9.69 Å². The lowest BCUT2D eigenvalue weighted by molar-refractivity contribution is -0.122. The van der Waals surface area contributed by atoms with Crippen molar-refractivity contribution in [3.63, 3.8) is 0 Å². The molecule has 1 saturated heterocycles. The van der Waals surface area contributed by atoms with E-state index in [1.165, 1.54) is 4.90 Å². The van der Waals surface area contributed by atoms with Crippen molar-refractivity contribution in [1.29, 1.82) is 0 Å². The lowest BCUT2D eigenvalue weighted by Gasteiger charge is -2.17. The molecule has 1 N–H and O–H groups in total. The number of rotatable bonds is 8. The Hall–Kier alpha value is -3.29. The van der Waals surface area contributed by atoms with Gasteiger partial charge in [0, 0.05) is 10.6 Å². The minimum absolute atomic E-state index is 0.210. The first kappa shape index (κ1) is 24.8. The standard InChI is InChI=1S/C27H27ClN2O4S/c1-16(2)21-13-22(28)17(3)10-25(21)34-15-19-11-18(7-8-24(19)32-4)12-23-26(31)30(27(35)29-23)14-20-6-5-9-33-20/h5-13,16H,14-15H2,1-4H3,(H,29,35)/b23-12+. The van der Waals surface area contributed by atoms with Gasteiger partial charge >= 0.3 is 0 Å². The lowest BCUT2D eigenvalue weighted by atomic mass is 10.0. The number of hydrogen-bond acceptors (Lipinski definition) is 5. The molecule has 0 radical (unpaired) electrons. The number of amides is 1. The fourth-order valence-electron chi connectivity index (χ4n) is 3.84. The maximum atomic E-state index is 12.9. The number of benzene rings is 2. The van der Waals surface area contributed by atoms with Crippen LogP contribution in [0.2, 0.25) is 5.02 Å². The van der Waals surface area contributed by atoms with Crippen LogP contribution in [-0.4, -0.2) is 23.0 Å². The molecule has 0 spiro atoms. The van der Waals surface area contributed by atoms with Crippen LogP contribution in [0.25, 0.3) is 6.08 Å². The first-order valence-electron chi connectivity index (χ1n) is 11.2. The number of furan rings is 1. The second-order valence-corrected chi connectivity index (χ2v) is 9.41. The second kappa shape index (κ2) is 10.5. The van der Waals surface area contributed by atoms with Crippen LogP contribution < -0.4 is 14.8 Å². The van der Waals surface area contributed by atoms with Crippen LogP contribution in [0.1, 0.15) is 47.8 Å². The number of halogens is 1. The molecule has 0 unspecified atom stereocenters. The van der Waals surface area contributed by atoms with Crippen LogP contribution in [0.15, 0.2) is 58.8 Å². The topological polar surface area (TPSA) is 63.9 Å². The summed E-state index contributed by atoms with van der Waals surface area (Å²) in [6, 6.07) is 13.2. The van der Waals surface area contributed by atoms with Crippen LogP contribution in [-0.2, 0) is 17.9 Å². The third-order valence-electron chi connectivity index (χ3n) is 5.77. The first-order chi connectivity index (χ1) is 16.8. The highest BCUT2D eigenvalue weighted by atomic mass is 35.5. The van der Waals surface area contributed by atoms with Gasteiger partial charge in [0.05, 0.1) is 19.9 Å². The van der Waals surface area contributed by atoms with Gasteiger partial charge in [0.15, 0.2) is 5.11 Å². The molecule has 1 aliphatic heterocycles. The van der Waals surface area contributed by atoms with E-state index < -0.39 is 0 Å². The number of methoxy groups -OCH3 is 1. The van der Waals surface area contributed by atoms with Gasteiger partial charge in [-0.25, -0.2) is 0 Å². The Kier molecular flexibility index (Phi) is 7.48. The van der Waals surface area contributed by atoms with Crippen molar-refractivity contribution in [1.82, 2.24) is 10.2 Å². The third-order valence-corrected chi connectivity index (χ3v) is 6.50. The van der Waals surface area contributed by atoms with Crippen molar-refractivity contribution in [2.45, 2.75) is 39.8 Å². The molecule has 3 aromatic rings. The Morgan fingerprint density at radius 2 is 2.00 bits per heavy atom. The SMILES string of the molecule is COc1ccc(/C=C2/NC(=S)N(Cc3ccco3)C2=O)cc1COc1cc(C)c(Cl)cc1C(C)C. The molecule has 6 nitrogen and oxygen atoms in total. The number of nitrogens with one attached hydrogen (secondary N) is 1. The number of thiocarbonyl (C=S) groups is 1. The Labute approximate surface area is 215 Å². The normalized spacial score (nSPS) is 14.7. The van der Waals surface area contributed by atoms with Gasteiger partial charge in [0.25, 0.3) is 5.91 Å². The summed E-state index contributed by atoms with van der Waals surface area (Å²) in [5, 5.41) is 4.07. The van der Waals surface area contributed by atoms with Crippen molar-refractivity contribution in [2.24, 2.45) is 0 Å². The zero-order valence-electron chi connectivity index (χ0n) is 20.1. The van der Waals surface area contributed by atoms with Crippen molar-refractivity contribution in [3.8, 4) is 11.5 Å². The van der Waals surface area contributed by atoms with Crippen LogP contribution in [0.5, 0.6) is 11.5 Å². The van der Waals surface area contributed by atoms with Gasteiger partial charge in [0.2, 0.25) is 0 Å². The highest BCUT2D eigenvalue weighted by molar-refractivity contribution is 7.80. The smallest absolute Gasteiger partial charge is 0.276 e. The predicted octanol–water partition coefficient (Wildman–Crippen LogP) is 6.21. The number of ether oxygens (including phenoxy) is 2. The summed E-state index contributed by atoms with van der Waals surface area (Å²) in [6.07, 6.45) is 3.34. The molecule has 1 aliphatic rings. The minimum atomic E-state index is -0.210. The first-order valence-corrected chi connectivity index (χ1v) is 12.0. The molecule has 0 bridgehead atoms. The van der Waals surface area contributed by atoms with E-state index in [4.69, 9.17) is 37.7 Å². The molecule has 1 aromatic heterocycles. The number of nitrogens with zero attached hydrogens (tertiary/aromatic N) is 1. The quantitative estimate of drug-likeness (QED) is 0.287. The second-order valence-electron chi connectivity index (χ2n) is 8.61. The molecule has 1 fully saturated rings. The number of carbonyl (C=O) groups excluding carboxylic acids is 1. The Morgan fingerprint density at radius 1 is 1.20 bits per heavy atom. The van der Waals surface area contributed by atoms with E-state index in [2.05, 4.69) is 19.2 Å². The van der Waals surface area contributed by atoms with Gasteiger partial charge in [-0.2, -0.15) is 0 Å². The molecule has 0 atom stereocenters. The zero-order chi connectivity index (χ0) is 25.1. The Morgan fingerprint density at radius 3 is 2.69 bits per heavy atom. The van der Waals surface area contributed by atoms with Gasteiger partial charge in [-0.15, -0.1) is 0 Å². The van der Waals surface area contributed by atoms with Gasteiger partial charge in [0.1, 0.15) is 29.6 Å². The van der Waals surface area contributed by atoms with Gasteiger partial charge in [-0.1, -0.05) is 31.5 Å². The highest BCUT2D eigenvalue weighted by Crippen LogP contribution is 2.33. The van der Waals surface area contributed by atoms with E-state index >= 15 is 0 Å². The average Bonchev–Trinajstić information content (AvgIpc) is 3.43. The van der Waals surface area contributed by atoms with E-state index in [0.29, 0.717) is 28.9 Å². The Balaban J connectivity index is 1.56. The zero-order valence-corrected chi connectivity index (χ0v) is 21.6. The summed E-state index contributed by atoms with van der Waals surface area (Å²) < 4.78 is 17.1. The molecule has 0 saturated carbocycles. The van der Waals surface area contributed by atoms with Crippen LogP contribution in [0.3, 0.4) is 0 Å². The Bertz CT molecular complexity index is 1280. The molecule has 1 amide bonds. The number of hydrogen-bond donors (Lipinski definition) is 1. The molecule has 182 valence electrons. The van der Waals surface area contributed by atoms with Gasteiger partial charge < -0.3 is 19.2 Å². The van der Waals surface area contributed by atoms with E-state index in [9.17, 15) is 4.79 Å². The van der Waals surface area contributed by atoms with E-state index in [1.807, 2.05) is 37.3 Å². The summed E-state index contributed by atoms with van der Waals surface area (Å²) in [4.78, 5) is 14.4. The monoisotopic (exact) mass is 510 g/mol. The summed E-state index contributed by atoms with van der Waals surface area (Å²) in [5.74, 6) is 2.20.